The smallest absolute Gasteiger partial charge is 0.103 e. The summed E-state index contributed by atoms with van der Waals surface area (Å²) < 4.78 is 5.30. The van der Waals surface area contributed by atoms with Crippen molar-refractivity contribution in [3.63, 3.8) is 0 Å². The average molecular weight is 224 g/mol. The summed E-state index contributed by atoms with van der Waals surface area (Å²) >= 11 is 0. The predicted octanol–water partition coefficient (Wildman–Crippen LogP) is 0.478. The van der Waals surface area contributed by atoms with Crippen molar-refractivity contribution in [1.82, 2.24) is 10.2 Å². The van der Waals surface area contributed by atoms with Gasteiger partial charge in [0.15, 0.2) is 0 Å². The summed E-state index contributed by atoms with van der Waals surface area (Å²) in [5.41, 5.74) is 0. The molecule has 90 valence electrons. The van der Waals surface area contributed by atoms with Crippen molar-refractivity contribution in [2.75, 3.05) is 32.8 Å². The van der Waals surface area contributed by atoms with E-state index in [4.69, 9.17) is 4.42 Å². The van der Waals surface area contributed by atoms with Crippen molar-refractivity contribution in [3.05, 3.63) is 24.2 Å². The fraction of sp³-hybridized carbons (Fsp3) is 0.667. The molecule has 0 aromatic carbocycles. The van der Waals surface area contributed by atoms with E-state index in [1.807, 2.05) is 12.1 Å². The summed E-state index contributed by atoms with van der Waals surface area (Å²) in [6.45, 7) is 4.35. The normalized spacial score (nSPS) is 19.8. The van der Waals surface area contributed by atoms with Crippen molar-refractivity contribution in [1.29, 1.82) is 0 Å². The van der Waals surface area contributed by atoms with Crippen LogP contribution in [0.4, 0.5) is 0 Å². The molecule has 0 aliphatic carbocycles. The summed E-state index contributed by atoms with van der Waals surface area (Å²) in [7, 11) is 0. The molecule has 1 atom stereocenters. The Morgan fingerprint density at radius 2 is 2.25 bits per heavy atom. The topological polar surface area (TPSA) is 48.6 Å². The molecule has 0 spiro atoms. The molecule has 0 saturated carbocycles. The molecule has 2 heterocycles. The maximum atomic E-state index is 9.41. The lowest BCUT2D eigenvalue weighted by atomic mass is 10.1. The van der Waals surface area contributed by atoms with E-state index in [9.17, 15) is 5.11 Å². The third-order valence-electron chi connectivity index (χ3n) is 3.18. The van der Waals surface area contributed by atoms with Gasteiger partial charge in [0.1, 0.15) is 5.76 Å². The molecule has 4 nitrogen and oxygen atoms in total. The molecule has 1 fully saturated rings. The van der Waals surface area contributed by atoms with Crippen LogP contribution in [-0.2, 0) is 6.42 Å². The minimum absolute atomic E-state index is 0.237. The van der Waals surface area contributed by atoms with Crippen molar-refractivity contribution in [3.8, 4) is 0 Å². The lowest BCUT2D eigenvalue weighted by Gasteiger charge is -2.33. The fourth-order valence-electron chi connectivity index (χ4n) is 2.20. The van der Waals surface area contributed by atoms with E-state index in [-0.39, 0.29) is 12.6 Å². The highest BCUT2D eigenvalue weighted by atomic mass is 16.3. The molecular formula is C12H20N2O2. The number of furan rings is 1. The molecule has 0 amide bonds. The molecule has 1 aromatic rings. The summed E-state index contributed by atoms with van der Waals surface area (Å²) in [4.78, 5) is 2.36. The molecule has 1 saturated heterocycles. The van der Waals surface area contributed by atoms with Gasteiger partial charge in [-0.15, -0.1) is 0 Å². The molecule has 16 heavy (non-hydrogen) atoms. The van der Waals surface area contributed by atoms with Gasteiger partial charge in [0.05, 0.1) is 12.9 Å². The minimum atomic E-state index is 0.237. The second kappa shape index (κ2) is 6.03. The standard InChI is InChI=1S/C12H20N2O2/c15-10-11(14-7-5-13-6-8-14)3-4-12-2-1-9-16-12/h1-2,9,11,13,15H,3-8,10H2. The minimum Gasteiger partial charge on any atom is -0.469 e. The zero-order valence-corrected chi connectivity index (χ0v) is 9.56. The molecule has 0 bridgehead atoms. The summed E-state index contributed by atoms with van der Waals surface area (Å²) in [6, 6.07) is 4.17. The second-order valence-corrected chi connectivity index (χ2v) is 4.24. The van der Waals surface area contributed by atoms with Gasteiger partial charge in [0.25, 0.3) is 0 Å². The number of aryl methyl sites for hydroxylation is 1. The van der Waals surface area contributed by atoms with Gasteiger partial charge in [-0.05, 0) is 18.6 Å². The molecular weight excluding hydrogens is 204 g/mol. The zero-order valence-electron chi connectivity index (χ0n) is 9.56. The number of nitrogens with one attached hydrogen (secondary N) is 1. The maximum Gasteiger partial charge on any atom is 0.103 e. The molecule has 2 rings (SSSR count). The molecule has 2 N–H and O–H groups in total. The fourth-order valence-corrected chi connectivity index (χ4v) is 2.20. The van der Waals surface area contributed by atoms with Crippen molar-refractivity contribution < 1.29 is 9.52 Å². The van der Waals surface area contributed by atoms with E-state index in [1.54, 1.807) is 6.26 Å². The van der Waals surface area contributed by atoms with E-state index in [0.29, 0.717) is 0 Å². The maximum absolute atomic E-state index is 9.41. The van der Waals surface area contributed by atoms with Crippen LogP contribution in [0.25, 0.3) is 0 Å². The van der Waals surface area contributed by atoms with E-state index < -0.39 is 0 Å². The van der Waals surface area contributed by atoms with Crippen LogP contribution in [0.2, 0.25) is 0 Å². The molecule has 1 aliphatic heterocycles. The molecule has 4 heteroatoms. The number of aliphatic hydroxyl groups excluding tert-OH is 1. The molecule has 0 radical (unpaired) electrons. The number of aliphatic hydroxyl groups is 1. The highest BCUT2D eigenvalue weighted by Crippen LogP contribution is 2.11. The highest BCUT2D eigenvalue weighted by molar-refractivity contribution is 4.98. The lowest BCUT2D eigenvalue weighted by molar-refractivity contribution is 0.103. The monoisotopic (exact) mass is 224 g/mol. The first-order chi connectivity index (χ1) is 7.90. The van der Waals surface area contributed by atoms with E-state index >= 15 is 0 Å². The SMILES string of the molecule is OCC(CCc1ccco1)N1CCNCC1. The first kappa shape index (κ1) is 11.6. The molecule has 1 unspecified atom stereocenters. The third-order valence-corrected chi connectivity index (χ3v) is 3.18. The van der Waals surface area contributed by atoms with E-state index in [0.717, 1.165) is 44.8 Å². The Morgan fingerprint density at radius 1 is 1.44 bits per heavy atom. The first-order valence-electron chi connectivity index (χ1n) is 5.98. The van der Waals surface area contributed by atoms with Crippen LogP contribution in [0, 0.1) is 0 Å². The van der Waals surface area contributed by atoms with Gasteiger partial charge in [0.2, 0.25) is 0 Å². The molecule has 1 aromatic heterocycles. The molecule has 1 aliphatic rings. The van der Waals surface area contributed by atoms with Gasteiger partial charge in [-0.3, -0.25) is 4.90 Å². The van der Waals surface area contributed by atoms with Crippen LogP contribution in [0.1, 0.15) is 12.2 Å². The number of hydrogen-bond donors (Lipinski definition) is 2. The second-order valence-electron chi connectivity index (χ2n) is 4.24. The van der Waals surface area contributed by atoms with Crippen LogP contribution in [0.15, 0.2) is 22.8 Å². The van der Waals surface area contributed by atoms with Gasteiger partial charge in [0, 0.05) is 38.6 Å². The Labute approximate surface area is 96.2 Å². The Kier molecular flexibility index (Phi) is 4.39. The zero-order chi connectivity index (χ0) is 11.2. The van der Waals surface area contributed by atoms with E-state index in [2.05, 4.69) is 10.2 Å². The number of hydrogen-bond acceptors (Lipinski definition) is 4. The summed E-state index contributed by atoms with van der Waals surface area (Å²) in [5, 5.41) is 12.7. The summed E-state index contributed by atoms with van der Waals surface area (Å²) in [6.07, 6.45) is 3.57. The Hall–Kier alpha value is -0.840. The first-order valence-corrected chi connectivity index (χ1v) is 5.98. The highest BCUT2D eigenvalue weighted by Gasteiger charge is 2.19. The van der Waals surface area contributed by atoms with Crippen LogP contribution >= 0.6 is 0 Å². The number of piperazine rings is 1. The van der Waals surface area contributed by atoms with Crippen molar-refractivity contribution in [2.24, 2.45) is 0 Å². The summed E-state index contributed by atoms with van der Waals surface area (Å²) in [5.74, 6) is 1.01. The Morgan fingerprint density at radius 3 is 2.88 bits per heavy atom. The largest absolute Gasteiger partial charge is 0.469 e. The quantitative estimate of drug-likeness (QED) is 0.763. The van der Waals surface area contributed by atoms with E-state index in [1.165, 1.54) is 0 Å². The van der Waals surface area contributed by atoms with Gasteiger partial charge >= 0.3 is 0 Å². The number of nitrogens with zero attached hydrogens (tertiary/aromatic N) is 1. The van der Waals surface area contributed by atoms with Gasteiger partial charge < -0.3 is 14.8 Å². The van der Waals surface area contributed by atoms with Crippen LogP contribution < -0.4 is 5.32 Å². The van der Waals surface area contributed by atoms with Gasteiger partial charge in [-0.1, -0.05) is 0 Å². The van der Waals surface area contributed by atoms with Crippen molar-refractivity contribution >= 4 is 0 Å². The predicted molar refractivity (Wildman–Crippen MR) is 62.3 cm³/mol. The van der Waals surface area contributed by atoms with Crippen LogP contribution in [-0.4, -0.2) is 48.8 Å². The Balaban J connectivity index is 1.80. The van der Waals surface area contributed by atoms with Crippen LogP contribution in [0.3, 0.4) is 0 Å². The average Bonchev–Trinajstić information content (AvgIpc) is 2.84. The van der Waals surface area contributed by atoms with Crippen molar-refractivity contribution in [2.45, 2.75) is 18.9 Å². The lowest BCUT2D eigenvalue weighted by Crippen LogP contribution is -2.49. The Bertz CT molecular complexity index is 281. The van der Waals surface area contributed by atoms with Crippen LogP contribution in [0.5, 0.6) is 0 Å². The van der Waals surface area contributed by atoms with Gasteiger partial charge in [-0.25, -0.2) is 0 Å². The van der Waals surface area contributed by atoms with Gasteiger partial charge in [-0.2, -0.15) is 0 Å². The third kappa shape index (κ3) is 3.07. The number of rotatable bonds is 5.